The molecule has 0 aliphatic rings. The van der Waals surface area contributed by atoms with Crippen LogP contribution in [0.2, 0.25) is 5.02 Å². The zero-order valence-corrected chi connectivity index (χ0v) is 11.5. The molecule has 1 aromatic rings. The van der Waals surface area contributed by atoms with Gasteiger partial charge in [0.05, 0.1) is 5.56 Å². The number of nitrogens with one attached hydrogen (secondary N) is 1. The molecule has 4 nitrogen and oxygen atoms in total. The van der Waals surface area contributed by atoms with Crippen molar-refractivity contribution in [2.24, 2.45) is 11.0 Å². The molecule has 0 radical (unpaired) electrons. The van der Waals surface area contributed by atoms with Gasteiger partial charge in [0.25, 0.3) is 5.91 Å². The van der Waals surface area contributed by atoms with E-state index in [1.54, 1.807) is 6.07 Å². The Bertz CT molecular complexity index is 470. The fourth-order valence-electron chi connectivity index (χ4n) is 1.54. The molecule has 0 bridgehead atoms. The fraction of sp³-hybridized carbons (Fsp3) is 0.385. The highest BCUT2D eigenvalue weighted by Gasteiger charge is 2.10. The molecule has 0 atom stereocenters. The van der Waals surface area contributed by atoms with E-state index in [0.717, 1.165) is 12.1 Å². The largest absolute Gasteiger partial charge is 0.507 e. The van der Waals surface area contributed by atoms with Crippen LogP contribution in [0, 0.1) is 5.92 Å². The van der Waals surface area contributed by atoms with E-state index in [9.17, 15) is 9.90 Å². The van der Waals surface area contributed by atoms with Crippen LogP contribution in [0.5, 0.6) is 5.75 Å². The number of hydrazone groups is 1. The Labute approximate surface area is 112 Å². The number of rotatable bonds is 4. The van der Waals surface area contributed by atoms with E-state index in [2.05, 4.69) is 24.4 Å². The predicted molar refractivity (Wildman–Crippen MR) is 73.1 cm³/mol. The van der Waals surface area contributed by atoms with Gasteiger partial charge in [-0.3, -0.25) is 4.79 Å². The third kappa shape index (κ3) is 4.37. The molecule has 1 rings (SSSR count). The first kappa shape index (κ1) is 14.5. The standard InChI is InChI=1S/C13H17ClN2O2/c1-8(2)6-9(3)15-16-13(18)11-5-4-10(14)7-12(11)17/h4-5,7-8,17H,6H2,1-3H3,(H,16,18)/b15-9-. The van der Waals surface area contributed by atoms with Crippen LogP contribution in [0.15, 0.2) is 23.3 Å². The van der Waals surface area contributed by atoms with E-state index in [-0.39, 0.29) is 11.3 Å². The van der Waals surface area contributed by atoms with Crippen LogP contribution in [0.4, 0.5) is 0 Å². The van der Waals surface area contributed by atoms with Crippen molar-refractivity contribution in [1.82, 2.24) is 5.43 Å². The van der Waals surface area contributed by atoms with Crippen molar-refractivity contribution < 1.29 is 9.90 Å². The lowest BCUT2D eigenvalue weighted by molar-refractivity contribution is 0.0952. The zero-order chi connectivity index (χ0) is 13.7. The van der Waals surface area contributed by atoms with Gasteiger partial charge in [0.15, 0.2) is 0 Å². The van der Waals surface area contributed by atoms with Crippen molar-refractivity contribution >= 4 is 23.2 Å². The van der Waals surface area contributed by atoms with Crippen LogP contribution in [-0.2, 0) is 0 Å². The number of halogens is 1. The number of phenolic OH excluding ortho intramolecular Hbond substituents is 1. The number of hydrogen-bond acceptors (Lipinski definition) is 3. The highest BCUT2D eigenvalue weighted by atomic mass is 35.5. The average molecular weight is 269 g/mol. The van der Waals surface area contributed by atoms with Crippen LogP contribution in [0.25, 0.3) is 0 Å². The molecule has 98 valence electrons. The number of phenols is 1. The summed E-state index contributed by atoms with van der Waals surface area (Å²) in [5.41, 5.74) is 3.40. The maximum atomic E-state index is 11.7. The van der Waals surface area contributed by atoms with Crippen LogP contribution in [0.1, 0.15) is 37.6 Å². The second-order valence-corrected chi connectivity index (χ2v) is 4.98. The van der Waals surface area contributed by atoms with Gasteiger partial charge in [-0.05, 0) is 37.5 Å². The molecule has 0 fully saturated rings. The van der Waals surface area contributed by atoms with Crippen molar-refractivity contribution in [3.8, 4) is 5.75 Å². The van der Waals surface area contributed by atoms with E-state index in [1.165, 1.54) is 12.1 Å². The Morgan fingerprint density at radius 1 is 1.50 bits per heavy atom. The average Bonchev–Trinajstić information content (AvgIpc) is 2.25. The van der Waals surface area contributed by atoms with Gasteiger partial charge in [-0.2, -0.15) is 5.10 Å². The minimum atomic E-state index is -0.452. The van der Waals surface area contributed by atoms with E-state index < -0.39 is 5.91 Å². The first-order valence-corrected chi connectivity index (χ1v) is 6.10. The molecule has 18 heavy (non-hydrogen) atoms. The molecule has 0 aromatic heterocycles. The van der Waals surface area contributed by atoms with Crippen LogP contribution in [-0.4, -0.2) is 16.7 Å². The Morgan fingerprint density at radius 2 is 2.17 bits per heavy atom. The molecule has 0 unspecified atom stereocenters. The minimum Gasteiger partial charge on any atom is -0.507 e. The normalized spacial score (nSPS) is 11.7. The lowest BCUT2D eigenvalue weighted by Gasteiger charge is -2.06. The van der Waals surface area contributed by atoms with Gasteiger partial charge in [0.2, 0.25) is 0 Å². The van der Waals surface area contributed by atoms with Gasteiger partial charge in [0, 0.05) is 10.7 Å². The van der Waals surface area contributed by atoms with Crippen LogP contribution >= 0.6 is 11.6 Å². The van der Waals surface area contributed by atoms with Gasteiger partial charge in [-0.1, -0.05) is 25.4 Å². The fourth-order valence-corrected chi connectivity index (χ4v) is 1.71. The van der Waals surface area contributed by atoms with Crippen molar-refractivity contribution in [3.05, 3.63) is 28.8 Å². The molecule has 5 heteroatoms. The quantitative estimate of drug-likeness (QED) is 0.651. The maximum absolute atomic E-state index is 11.7. The van der Waals surface area contributed by atoms with Gasteiger partial charge in [-0.15, -0.1) is 0 Å². The molecule has 0 aliphatic heterocycles. The number of amides is 1. The molecule has 1 amide bonds. The molecule has 0 saturated carbocycles. The number of carbonyl (C=O) groups is 1. The van der Waals surface area contributed by atoms with E-state index in [0.29, 0.717) is 10.9 Å². The van der Waals surface area contributed by atoms with Crippen molar-refractivity contribution in [2.45, 2.75) is 27.2 Å². The third-order valence-electron chi connectivity index (χ3n) is 2.26. The number of carbonyl (C=O) groups excluding carboxylic acids is 1. The maximum Gasteiger partial charge on any atom is 0.275 e. The predicted octanol–water partition coefficient (Wildman–Crippen LogP) is 3.20. The Hall–Kier alpha value is -1.55. The Morgan fingerprint density at radius 3 is 2.72 bits per heavy atom. The summed E-state index contributed by atoms with van der Waals surface area (Å²) in [5.74, 6) is -0.126. The number of benzene rings is 1. The molecule has 0 spiro atoms. The molecule has 0 aliphatic carbocycles. The Kier molecular flexibility index (Phi) is 5.16. The summed E-state index contributed by atoms with van der Waals surface area (Å²) >= 11 is 5.69. The zero-order valence-electron chi connectivity index (χ0n) is 10.7. The number of hydrogen-bond donors (Lipinski definition) is 2. The van der Waals surface area contributed by atoms with Gasteiger partial charge in [0.1, 0.15) is 5.75 Å². The van der Waals surface area contributed by atoms with E-state index in [1.807, 2.05) is 6.92 Å². The molecular formula is C13H17ClN2O2. The molecule has 0 heterocycles. The first-order chi connectivity index (χ1) is 8.40. The summed E-state index contributed by atoms with van der Waals surface area (Å²) in [4.78, 5) is 11.7. The van der Waals surface area contributed by atoms with E-state index in [4.69, 9.17) is 11.6 Å². The smallest absolute Gasteiger partial charge is 0.275 e. The van der Waals surface area contributed by atoms with Gasteiger partial charge >= 0.3 is 0 Å². The molecule has 1 aromatic carbocycles. The van der Waals surface area contributed by atoms with Crippen molar-refractivity contribution in [2.75, 3.05) is 0 Å². The first-order valence-electron chi connectivity index (χ1n) is 5.72. The summed E-state index contributed by atoms with van der Waals surface area (Å²) in [6.45, 7) is 6.00. The molecular weight excluding hydrogens is 252 g/mol. The third-order valence-corrected chi connectivity index (χ3v) is 2.49. The number of nitrogens with zero attached hydrogens (tertiary/aromatic N) is 1. The second kappa shape index (κ2) is 6.40. The van der Waals surface area contributed by atoms with Crippen molar-refractivity contribution in [3.63, 3.8) is 0 Å². The summed E-state index contributed by atoms with van der Waals surface area (Å²) in [5, 5.41) is 13.9. The highest BCUT2D eigenvalue weighted by molar-refractivity contribution is 6.30. The summed E-state index contributed by atoms with van der Waals surface area (Å²) < 4.78 is 0. The highest BCUT2D eigenvalue weighted by Crippen LogP contribution is 2.21. The monoisotopic (exact) mass is 268 g/mol. The van der Waals surface area contributed by atoms with Gasteiger partial charge in [-0.25, -0.2) is 5.43 Å². The van der Waals surface area contributed by atoms with Crippen molar-refractivity contribution in [1.29, 1.82) is 0 Å². The Balaban J connectivity index is 2.71. The SMILES string of the molecule is C/C(CC(C)C)=N/NC(=O)c1ccc(Cl)cc1O. The van der Waals surface area contributed by atoms with E-state index >= 15 is 0 Å². The van der Waals surface area contributed by atoms with Crippen LogP contribution in [0.3, 0.4) is 0 Å². The molecule has 2 N–H and O–H groups in total. The summed E-state index contributed by atoms with van der Waals surface area (Å²) in [7, 11) is 0. The lowest BCUT2D eigenvalue weighted by Crippen LogP contribution is -2.19. The minimum absolute atomic E-state index is 0.153. The lowest BCUT2D eigenvalue weighted by atomic mass is 10.1. The topological polar surface area (TPSA) is 61.7 Å². The number of aromatic hydroxyl groups is 1. The second-order valence-electron chi connectivity index (χ2n) is 4.55. The van der Waals surface area contributed by atoms with Gasteiger partial charge < -0.3 is 5.11 Å². The summed E-state index contributed by atoms with van der Waals surface area (Å²) in [6.07, 6.45) is 0.812. The molecule has 0 saturated heterocycles. The summed E-state index contributed by atoms with van der Waals surface area (Å²) in [6, 6.07) is 4.32. The van der Waals surface area contributed by atoms with Crippen LogP contribution < -0.4 is 5.43 Å².